The molecule has 1 N–H and O–H groups in total. The Morgan fingerprint density at radius 1 is 1.03 bits per heavy atom. The zero-order valence-electron chi connectivity index (χ0n) is 17.3. The van der Waals surface area contributed by atoms with E-state index in [9.17, 15) is 4.79 Å². The highest BCUT2D eigenvalue weighted by Crippen LogP contribution is 2.22. The molecule has 1 unspecified atom stereocenters. The monoisotopic (exact) mass is 404 g/mol. The van der Waals surface area contributed by atoms with E-state index in [0.29, 0.717) is 6.61 Å². The largest absolute Gasteiger partial charge is 0.492 e. The quantitative estimate of drug-likeness (QED) is 0.655. The van der Waals surface area contributed by atoms with Gasteiger partial charge in [-0.15, -0.1) is 0 Å². The van der Waals surface area contributed by atoms with Gasteiger partial charge in [0.2, 0.25) is 5.91 Å². The van der Waals surface area contributed by atoms with Gasteiger partial charge >= 0.3 is 0 Å². The minimum absolute atomic E-state index is 0.0206. The molecule has 2 heterocycles. The van der Waals surface area contributed by atoms with Gasteiger partial charge in [-0.1, -0.05) is 24.3 Å². The van der Waals surface area contributed by atoms with Crippen molar-refractivity contribution in [1.29, 1.82) is 0 Å². The Hall–Kier alpha value is -2.96. The Labute approximate surface area is 177 Å². The Bertz CT molecular complexity index is 966. The van der Waals surface area contributed by atoms with E-state index in [1.54, 1.807) is 6.20 Å². The first-order chi connectivity index (χ1) is 14.7. The molecule has 1 aromatic heterocycles. The lowest BCUT2D eigenvalue weighted by Gasteiger charge is -2.37. The summed E-state index contributed by atoms with van der Waals surface area (Å²) in [6.07, 6.45) is 1.76. The van der Waals surface area contributed by atoms with Crippen LogP contribution < -0.4 is 10.1 Å². The van der Waals surface area contributed by atoms with Gasteiger partial charge in [0.25, 0.3) is 0 Å². The van der Waals surface area contributed by atoms with Crippen LogP contribution in [0.2, 0.25) is 0 Å². The average molecular weight is 405 g/mol. The molecule has 0 spiro atoms. The number of para-hydroxylation sites is 1. The summed E-state index contributed by atoms with van der Waals surface area (Å²) < 4.78 is 5.80. The number of aromatic nitrogens is 1. The topological polar surface area (TPSA) is 57.7 Å². The Morgan fingerprint density at radius 2 is 1.83 bits per heavy atom. The van der Waals surface area contributed by atoms with Crippen LogP contribution in [0.1, 0.15) is 6.92 Å². The maximum Gasteiger partial charge on any atom is 0.241 e. The number of nitrogens with one attached hydrogen (secondary N) is 1. The third-order valence-corrected chi connectivity index (χ3v) is 5.66. The molecule has 1 amide bonds. The highest BCUT2D eigenvalue weighted by Gasteiger charge is 2.25. The van der Waals surface area contributed by atoms with Gasteiger partial charge in [0.15, 0.2) is 0 Å². The maximum atomic E-state index is 12.9. The third-order valence-electron chi connectivity index (χ3n) is 5.66. The van der Waals surface area contributed by atoms with E-state index >= 15 is 0 Å². The van der Waals surface area contributed by atoms with Crippen LogP contribution >= 0.6 is 0 Å². The summed E-state index contributed by atoms with van der Waals surface area (Å²) in [7, 11) is 0. The maximum absolute atomic E-state index is 12.9. The summed E-state index contributed by atoms with van der Waals surface area (Å²) in [5.41, 5.74) is 1.70. The number of hydrogen-bond donors (Lipinski definition) is 1. The predicted molar refractivity (Wildman–Crippen MR) is 120 cm³/mol. The number of nitrogens with zero attached hydrogens (tertiary/aromatic N) is 3. The lowest BCUT2D eigenvalue weighted by Crippen LogP contribution is -2.53. The van der Waals surface area contributed by atoms with Gasteiger partial charge in [-0.2, -0.15) is 0 Å². The molecule has 3 aromatic rings. The molecule has 6 heteroatoms. The molecule has 156 valence electrons. The zero-order valence-corrected chi connectivity index (χ0v) is 17.3. The van der Waals surface area contributed by atoms with Crippen molar-refractivity contribution in [2.24, 2.45) is 0 Å². The predicted octanol–water partition coefficient (Wildman–Crippen LogP) is 3.26. The van der Waals surface area contributed by atoms with E-state index in [-0.39, 0.29) is 11.9 Å². The lowest BCUT2D eigenvalue weighted by molar-refractivity contribution is -0.121. The Kier molecular flexibility index (Phi) is 6.57. The van der Waals surface area contributed by atoms with Crippen molar-refractivity contribution in [3.8, 4) is 5.75 Å². The number of carbonyl (C=O) groups is 1. The Morgan fingerprint density at radius 3 is 2.63 bits per heavy atom. The molecular formula is C24H28N4O2. The SMILES string of the molecule is CC(C(=O)Nc1cccc2ncccc12)N1CCN(CCOc2ccccc2)CC1. The molecule has 0 aliphatic carbocycles. The number of ether oxygens (including phenoxy) is 1. The highest BCUT2D eigenvalue weighted by molar-refractivity contribution is 6.02. The summed E-state index contributed by atoms with van der Waals surface area (Å²) in [5.74, 6) is 0.928. The minimum Gasteiger partial charge on any atom is -0.492 e. The van der Waals surface area contributed by atoms with Crippen LogP contribution in [0.4, 0.5) is 5.69 Å². The van der Waals surface area contributed by atoms with Gasteiger partial charge in [0.05, 0.1) is 17.2 Å². The highest BCUT2D eigenvalue weighted by atomic mass is 16.5. The van der Waals surface area contributed by atoms with Crippen molar-refractivity contribution >= 4 is 22.5 Å². The number of anilines is 1. The van der Waals surface area contributed by atoms with Crippen LogP contribution in [0.3, 0.4) is 0 Å². The van der Waals surface area contributed by atoms with Gasteiger partial charge in [-0.05, 0) is 43.3 Å². The fourth-order valence-electron chi connectivity index (χ4n) is 3.80. The van der Waals surface area contributed by atoms with E-state index in [1.165, 1.54) is 0 Å². The fourth-order valence-corrected chi connectivity index (χ4v) is 3.80. The number of carbonyl (C=O) groups excluding carboxylic acids is 1. The van der Waals surface area contributed by atoms with Crippen molar-refractivity contribution in [2.45, 2.75) is 13.0 Å². The van der Waals surface area contributed by atoms with Gasteiger partial charge in [-0.25, -0.2) is 0 Å². The van der Waals surface area contributed by atoms with E-state index in [2.05, 4.69) is 20.1 Å². The molecule has 0 saturated carbocycles. The normalized spacial score (nSPS) is 16.3. The van der Waals surface area contributed by atoms with Crippen molar-refractivity contribution in [2.75, 3.05) is 44.6 Å². The van der Waals surface area contributed by atoms with Crippen LogP contribution in [0.5, 0.6) is 5.75 Å². The number of benzene rings is 2. The molecule has 1 fully saturated rings. The van der Waals surface area contributed by atoms with Crippen LogP contribution in [0.15, 0.2) is 66.9 Å². The second-order valence-corrected chi connectivity index (χ2v) is 7.58. The van der Waals surface area contributed by atoms with Crippen LogP contribution in [-0.2, 0) is 4.79 Å². The molecule has 0 radical (unpaired) electrons. The molecule has 1 atom stereocenters. The van der Waals surface area contributed by atoms with Crippen LogP contribution in [-0.4, -0.2) is 66.1 Å². The Balaban J connectivity index is 1.25. The smallest absolute Gasteiger partial charge is 0.241 e. The zero-order chi connectivity index (χ0) is 20.8. The standard InChI is InChI=1S/C24H28N4O2/c1-19(24(29)26-23-11-5-10-22-21(23)9-6-12-25-22)28-15-13-27(14-16-28)17-18-30-20-7-3-2-4-8-20/h2-12,19H,13-18H2,1H3,(H,26,29). The molecule has 30 heavy (non-hydrogen) atoms. The molecule has 1 aliphatic heterocycles. The van der Waals surface area contributed by atoms with Crippen LogP contribution in [0.25, 0.3) is 10.9 Å². The van der Waals surface area contributed by atoms with Crippen molar-refractivity contribution in [3.63, 3.8) is 0 Å². The van der Waals surface area contributed by atoms with E-state index in [4.69, 9.17) is 4.74 Å². The third kappa shape index (κ3) is 4.96. The number of hydrogen-bond acceptors (Lipinski definition) is 5. The van der Waals surface area contributed by atoms with Gasteiger partial charge in [-0.3, -0.25) is 19.6 Å². The summed E-state index contributed by atoms with van der Waals surface area (Å²) in [4.78, 5) is 21.9. The summed E-state index contributed by atoms with van der Waals surface area (Å²) in [6.45, 7) is 7.17. The number of rotatable bonds is 7. The molecule has 1 saturated heterocycles. The molecular weight excluding hydrogens is 376 g/mol. The number of piperazine rings is 1. The summed E-state index contributed by atoms with van der Waals surface area (Å²) >= 11 is 0. The number of fused-ring (bicyclic) bond motifs is 1. The van der Waals surface area contributed by atoms with Gasteiger partial charge in [0, 0.05) is 44.3 Å². The molecule has 1 aliphatic rings. The van der Waals surface area contributed by atoms with Crippen LogP contribution in [0, 0.1) is 0 Å². The van der Waals surface area contributed by atoms with E-state index < -0.39 is 0 Å². The lowest BCUT2D eigenvalue weighted by atomic mass is 10.1. The summed E-state index contributed by atoms with van der Waals surface area (Å²) in [6, 6.07) is 19.4. The minimum atomic E-state index is -0.181. The second kappa shape index (κ2) is 9.69. The van der Waals surface area contributed by atoms with E-state index in [0.717, 1.165) is 55.1 Å². The average Bonchev–Trinajstić information content (AvgIpc) is 2.80. The number of pyridine rings is 1. The van der Waals surface area contributed by atoms with Crippen molar-refractivity contribution < 1.29 is 9.53 Å². The second-order valence-electron chi connectivity index (χ2n) is 7.58. The molecule has 2 aromatic carbocycles. The van der Waals surface area contributed by atoms with Gasteiger partial charge < -0.3 is 10.1 Å². The van der Waals surface area contributed by atoms with Crippen molar-refractivity contribution in [3.05, 3.63) is 66.9 Å². The fraction of sp³-hybridized carbons (Fsp3) is 0.333. The molecule has 6 nitrogen and oxygen atoms in total. The number of amides is 1. The van der Waals surface area contributed by atoms with E-state index in [1.807, 2.05) is 67.6 Å². The molecule has 0 bridgehead atoms. The van der Waals surface area contributed by atoms with Gasteiger partial charge in [0.1, 0.15) is 12.4 Å². The first-order valence-electron chi connectivity index (χ1n) is 10.5. The summed E-state index contributed by atoms with van der Waals surface area (Å²) in [5, 5.41) is 4.05. The first kappa shape index (κ1) is 20.3. The molecule has 4 rings (SSSR count). The van der Waals surface area contributed by atoms with Crippen molar-refractivity contribution in [1.82, 2.24) is 14.8 Å². The first-order valence-corrected chi connectivity index (χ1v) is 10.5.